The number of carbonyl (C=O) groups is 2. The van der Waals surface area contributed by atoms with Crippen molar-refractivity contribution in [1.82, 2.24) is 5.32 Å². The summed E-state index contributed by atoms with van der Waals surface area (Å²) < 4.78 is 24.9. The van der Waals surface area contributed by atoms with Crippen LogP contribution in [0.5, 0.6) is 11.5 Å². The van der Waals surface area contributed by atoms with Crippen LogP contribution >= 0.6 is 0 Å². The van der Waals surface area contributed by atoms with E-state index in [1.807, 2.05) is 13.8 Å². The van der Waals surface area contributed by atoms with Crippen LogP contribution in [-0.4, -0.2) is 31.6 Å². The maximum atomic E-state index is 13.6. The fourth-order valence-corrected chi connectivity index (χ4v) is 2.35. The molecule has 2 aromatic rings. The maximum absolute atomic E-state index is 13.6. The molecule has 2 amide bonds. The maximum Gasteiger partial charge on any atom is 0.254 e. The number of amides is 2. The van der Waals surface area contributed by atoms with Crippen LogP contribution in [0.15, 0.2) is 42.5 Å². The van der Waals surface area contributed by atoms with Crippen molar-refractivity contribution in [3.05, 3.63) is 53.8 Å². The molecule has 0 atom stereocenters. The molecule has 6 nitrogen and oxygen atoms in total. The molecule has 2 rings (SSSR count). The average Bonchev–Trinajstić information content (AvgIpc) is 2.70. The molecule has 0 aliphatic carbocycles. The minimum atomic E-state index is -0.650. The highest BCUT2D eigenvalue weighted by Crippen LogP contribution is 2.30. The van der Waals surface area contributed by atoms with Gasteiger partial charge in [-0.25, -0.2) is 4.39 Å². The Labute approximate surface area is 164 Å². The molecule has 0 radical (unpaired) electrons. The molecule has 150 valence electrons. The van der Waals surface area contributed by atoms with E-state index >= 15 is 0 Å². The van der Waals surface area contributed by atoms with E-state index in [0.717, 1.165) is 12.8 Å². The highest BCUT2D eigenvalue weighted by molar-refractivity contribution is 5.99. The van der Waals surface area contributed by atoms with Gasteiger partial charge in [-0.05, 0) is 37.1 Å². The van der Waals surface area contributed by atoms with E-state index < -0.39 is 17.6 Å². The monoisotopic (exact) mass is 388 g/mol. The van der Waals surface area contributed by atoms with Crippen LogP contribution < -0.4 is 20.1 Å². The summed E-state index contributed by atoms with van der Waals surface area (Å²) in [5.41, 5.74) is 0.406. The highest BCUT2D eigenvalue weighted by Gasteiger charge is 2.13. The second-order valence-electron chi connectivity index (χ2n) is 6.07. The first kappa shape index (κ1) is 21.2. The molecule has 0 saturated carbocycles. The molecule has 0 aromatic heterocycles. The number of ether oxygens (including phenoxy) is 2. The number of benzene rings is 2. The molecule has 0 unspecified atom stereocenters. The van der Waals surface area contributed by atoms with Gasteiger partial charge in [-0.15, -0.1) is 0 Å². The molecule has 0 fully saturated rings. The van der Waals surface area contributed by atoms with Gasteiger partial charge in [0.25, 0.3) is 5.91 Å². The van der Waals surface area contributed by atoms with Gasteiger partial charge in [0.15, 0.2) is 11.5 Å². The lowest BCUT2D eigenvalue weighted by Gasteiger charge is -2.14. The number of halogens is 1. The fourth-order valence-electron chi connectivity index (χ4n) is 2.35. The molecule has 0 spiro atoms. The second kappa shape index (κ2) is 10.9. The lowest BCUT2D eigenvalue weighted by Crippen LogP contribution is -2.33. The normalized spacial score (nSPS) is 10.2. The second-order valence-corrected chi connectivity index (χ2v) is 6.07. The van der Waals surface area contributed by atoms with Gasteiger partial charge < -0.3 is 20.1 Å². The molecule has 0 saturated heterocycles. The number of hydrogen-bond acceptors (Lipinski definition) is 4. The van der Waals surface area contributed by atoms with Crippen LogP contribution in [0.1, 0.15) is 37.0 Å². The first-order valence-corrected chi connectivity index (χ1v) is 9.27. The topological polar surface area (TPSA) is 76.7 Å². The summed E-state index contributed by atoms with van der Waals surface area (Å²) in [6, 6.07) is 10.7. The molecular formula is C21H25FN2O4. The Bertz CT molecular complexity index is 811. The van der Waals surface area contributed by atoms with Crippen LogP contribution in [0.3, 0.4) is 0 Å². The molecule has 0 bridgehead atoms. The van der Waals surface area contributed by atoms with E-state index in [9.17, 15) is 14.0 Å². The highest BCUT2D eigenvalue weighted by atomic mass is 19.1. The van der Waals surface area contributed by atoms with E-state index in [1.54, 1.807) is 24.3 Å². The Morgan fingerprint density at radius 3 is 2.32 bits per heavy atom. The smallest absolute Gasteiger partial charge is 0.254 e. The van der Waals surface area contributed by atoms with Crippen molar-refractivity contribution in [2.24, 2.45) is 0 Å². The van der Waals surface area contributed by atoms with Crippen molar-refractivity contribution in [3.8, 4) is 11.5 Å². The van der Waals surface area contributed by atoms with Crippen molar-refractivity contribution in [2.75, 3.05) is 25.1 Å². The first-order valence-electron chi connectivity index (χ1n) is 9.27. The number of anilines is 1. The minimum absolute atomic E-state index is 0.108. The van der Waals surface area contributed by atoms with E-state index in [1.165, 1.54) is 18.2 Å². The molecule has 28 heavy (non-hydrogen) atoms. The molecule has 0 aliphatic heterocycles. The number of nitrogens with one attached hydrogen (secondary N) is 2. The molecule has 0 aliphatic rings. The summed E-state index contributed by atoms with van der Waals surface area (Å²) in [4.78, 5) is 24.1. The quantitative estimate of drug-likeness (QED) is 0.650. The molecule has 2 N–H and O–H groups in total. The standard InChI is InChI=1S/C21H25FN2O4/c1-3-11-27-18-10-9-15(13-19(18)28-12-4-2)24-20(25)14-23-21(26)16-7-5-6-8-17(16)22/h5-10,13H,3-4,11-12,14H2,1-2H3,(H,23,26)(H,24,25). The van der Waals surface area contributed by atoms with Crippen LogP contribution in [-0.2, 0) is 4.79 Å². The Morgan fingerprint density at radius 1 is 0.964 bits per heavy atom. The summed E-state index contributed by atoms with van der Waals surface area (Å²) in [5.74, 6) is -0.567. The average molecular weight is 388 g/mol. The SMILES string of the molecule is CCCOc1ccc(NC(=O)CNC(=O)c2ccccc2F)cc1OCCC. The van der Waals surface area contributed by atoms with Crippen molar-refractivity contribution < 1.29 is 23.5 Å². The van der Waals surface area contributed by atoms with E-state index in [-0.39, 0.29) is 12.1 Å². The summed E-state index contributed by atoms with van der Waals surface area (Å²) in [7, 11) is 0. The lowest BCUT2D eigenvalue weighted by atomic mass is 10.2. The van der Waals surface area contributed by atoms with Gasteiger partial charge in [-0.2, -0.15) is 0 Å². The Hall–Kier alpha value is -3.09. The third-order valence-electron chi connectivity index (χ3n) is 3.68. The summed E-state index contributed by atoms with van der Waals surface area (Å²) in [6.07, 6.45) is 1.71. The molecule has 0 heterocycles. The Morgan fingerprint density at radius 2 is 1.64 bits per heavy atom. The zero-order valence-electron chi connectivity index (χ0n) is 16.1. The van der Waals surface area contributed by atoms with Crippen LogP contribution in [0, 0.1) is 5.82 Å². The summed E-state index contributed by atoms with van der Waals surface area (Å²) in [5, 5.41) is 5.08. The van der Waals surface area contributed by atoms with Crippen LogP contribution in [0.4, 0.5) is 10.1 Å². The molecule has 2 aromatic carbocycles. The predicted octanol–water partition coefficient (Wildman–Crippen LogP) is 3.77. The van der Waals surface area contributed by atoms with Gasteiger partial charge in [0.2, 0.25) is 5.91 Å². The van der Waals surface area contributed by atoms with Crippen LogP contribution in [0.25, 0.3) is 0 Å². The summed E-state index contributed by atoms with van der Waals surface area (Å²) >= 11 is 0. The van der Waals surface area contributed by atoms with E-state index in [0.29, 0.717) is 30.4 Å². The largest absolute Gasteiger partial charge is 0.490 e. The fraction of sp³-hybridized carbons (Fsp3) is 0.333. The number of carbonyl (C=O) groups excluding carboxylic acids is 2. The lowest BCUT2D eigenvalue weighted by molar-refractivity contribution is -0.115. The minimum Gasteiger partial charge on any atom is -0.490 e. The third kappa shape index (κ3) is 6.26. The van der Waals surface area contributed by atoms with Crippen molar-refractivity contribution >= 4 is 17.5 Å². The van der Waals surface area contributed by atoms with Crippen molar-refractivity contribution in [2.45, 2.75) is 26.7 Å². The van der Waals surface area contributed by atoms with Crippen molar-refractivity contribution in [3.63, 3.8) is 0 Å². The number of rotatable bonds is 10. The van der Waals surface area contributed by atoms with Gasteiger partial charge in [0.1, 0.15) is 5.82 Å². The first-order chi connectivity index (χ1) is 13.5. The molecule has 7 heteroatoms. The van der Waals surface area contributed by atoms with E-state index in [2.05, 4.69) is 10.6 Å². The number of hydrogen-bond donors (Lipinski definition) is 2. The Balaban J connectivity index is 1.96. The zero-order chi connectivity index (χ0) is 20.4. The van der Waals surface area contributed by atoms with Crippen molar-refractivity contribution in [1.29, 1.82) is 0 Å². The van der Waals surface area contributed by atoms with Gasteiger partial charge in [0, 0.05) is 11.8 Å². The molecular weight excluding hydrogens is 363 g/mol. The van der Waals surface area contributed by atoms with Gasteiger partial charge in [-0.3, -0.25) is 9.59 Å². The summed E-state index contributed by atoms with van der Waals surface area (Å²) in [6.45, 7) is 4.81. The van der Waals surface area contributed by atoms with Gasteiger partial charge in [0.05, 0.1) is 25.3 Å². The van der Waals surface area contributed by atoms with Crippen LogP contribution in [0.2, 0.25) is 0 Å². The zero-order valence-corrected chi connectivity index (χ0v) is 16.1. The third-order valence-corrected chi connectivity index (χ3v) is 3.68. The van der Waals surface area contributed by atoms with Gasteiger partial charge >= 0.3 is 0 Å². The van der Waals surface area contributed by atoms with Gasteiger partial charge in [-0.1, -0.05) is 26.0 Å². The van der Waals surface area contributed by atoms with E-state index in [4.69, 9.17) is 9.47 Å². The Kier molecular flexibility index (Phi) is 8.27. The predicted molar refractivity (Wildman–Crippen MR) is 105 cm³/mol.